The molecule has 0 aliphatic rings. The second-order valence-electron chi connectivity index (χ2n) is 5.00. The Bertz CT molecular complexity index is 279. The van der Waals surface area contributed by atoms with Crippen LogP contribution < -0.4 is 0 Å². The van der Waals surface area contributed by atoms with E-state index in [4.69, 9.17) is 0 Å². The van der Waals surface area contributed by atoms with Crippen LogP contribution in [0.3, 0.4) is 0 Å². The summed E-state index contributed by atoms with van der Waals surface area (Å²) in [4.78, 5) is 0. The van der Waals surface area contributed by atoms with E-state index >= 15 is 0 Å². The van der Waals surface area contributed by atoms with Crippen LogP contribution in [0.1, 0.15) is 51.5 Å². The van der Waals surface area contributed by atoms with E-state index in [2.05, 4.69) is 45.0 Å². The third kappa shape index (κ3) is 3.97. The first-order chi connectivity index (χ1) is 7.65. The van der Waals surface area contributed by atoms with Crippen LogP contribution in [-0.2, 0) is 0 Å². The smallest absolute Gasteiger partial charge is 0.0608 e. The highest BCUT2D eigenvalue weighted by molar-refractivity contribution is 5.20. The Kier molecular flexibility index (Phi) is 5.54. The fourth-order valence-electron chi connectivity index (χ4n) is 2.22. The van der Waals surface area contributed by atoms with Crippen molar-refractivity contribution in [2.45, 2.75) is 52.1 Å². The van der Waals surface area contributed by atoms with Gasteiger partial charge >= 0.3 is 0 Å². The predicted molar refractivity (Wildman–Crippen MR) is 69.6 cm³/mol. The highest BCUT2D eigenvalue weighted by Crippen LogP contribution is 2.29. The van der Waals surface area contributed by atoms with E-state index in [1.165, 1.54) is 5.56 Å². The molecule has 0 radical (unpaired) electrons. The summed E-state index contributed by atoms with van der Waals surface area (Å²) in [6, 6.07) is 10.4. The lowest BCUT2D eigenvalue weighted by Gasteiger charge is -2.24. The molecule has 0 fully saturated rings. The molecule has 1 heteroatoms. The molecule has 0 bridgehead atoms. The third-order valence-electron chi connectivity index (χ3n) is 3.00. The summed E-state index contributed by atoms with van der Waals surface area (Å²) in [5, 5.41) is 10.2. The molecule has 0 saturated heterocycles. The summed E-state index contributed by atoms with van der Waals surface area (Å²) in [6.07, 6.45) is 2.80. The van der Waals surface area contributed by atoms with Crippen molar-refractivity contribution in [1.82, 2.24) is 0 Å². The highest BCUT2D eigenvalue weighted by atomic mass is 16.3. The van der Waals surface area contributed by atoms with E-state index in [1.807, 2.05) is 6.07 Å². The van der Waals surface area contributed by atoms with Gasteiger partial charge in [0.2, 0.25) is 0 Å². The lowest BCUT2D eigenvalue weighted by Crippen LogP contribution is -2.20. The minimum Gasteiger partial charge on any atom is -0.392 e. The number of rotatable bonds is 6. The van der Waals surface area contributed by atoms with Gasteiger partial charge in [0.15, 0.2) is 0 Å². The van der Waals surface area contributed by atoms with E-state index in [0.717, 1.165) is 19.3 Å². The summed E-state index contributed by atoms with van der Waals surface area (Å²) < 4.78 is 0. The average molecular weight is 220 g/mol. The molecule has 0 aromatic heterocycles. The van der Waals surface area contributed by atoms with Crippen LogP contribution in [0.25, 0.3) is 0 Å². The molecule has 1 aromatic rings. The lowest BCUT2D eigenvalue weighted by atomic mass is 9.84. The van der Waals surface area contributed by atoms with E-state index in [0.29, 0.717) is 11.8 Å². The van der Waals surface area contributed by atoms with Crippen molar-refractivity contribution >= 4 is 0 Å². The van der Waals surface area contributed by atoms with E-state index in [9.17, 15) is 5.11 Å². The fourth-order valence-corrected chi connectivity index (χ4v) is 2.22. The SMILES string of the molecule is CCCC(O)C(CC(C)C)c1ccccc1. The van der Waals surface area contributed by atoms with Gasteiger partial charge in [-0.15, -0.1) is 0 Å². The molecule has 2 unspecified atom stereocenters. The number of benzene rings is 1. The molecule has 1 rings (SSSR count). The Morgan fingerprint density at radius 1 is 1.12 bits per heavy atom. The molecule has 2 atom stereocenters. The molecule has 90 valence electrons. The van der Waals surface area contributed by atoms with Gasteiger partial charge in [-0.1, -0.05) is 57.5 Å². The zero-order valence-corrected chi connectivity index (χ0v) is 10.7. The van der Waals surface area contributed by atoms with Crippen molar-refractivity contribution in [3.05, 3.63) is 35.9 Å². The average Bonchev–Trinajstić information content (AvgIpc) is 2.27. The maximum absolute atomic E-state index is 10.2. The summed E-state index contributed by atoms with van der Waals surface area (Å²) in [7, 11) is 0. The Labute approximate surface area is 99.5 Å². The van der Waals surface area contributed by atoms with Crippen molar-refractivity contribution in [1.29, 1.82) is 0 Å². The van der Waals surface area contributed by atoms with Crippen molar-refractivity contribution in [2.75, 3.05) is 0 Å². The quantitative estimate of drug-likeness (QED) is 0.769. The number of aliphatic hydroxyl groups is 1. The Hall–Kier alpha value is -0.820. The minimum absolute atomic E-state index is 0.199. The van der Waals surface area contributed by atoms with Crippen molar-refractivity contribution < 1.29 is 5.11 Å². The van der Waals surface area contributed by atoms with Crippen LogP contribution >= 0.6 is 0 Å². The predicted octanol–water partition coefficient (Wildman–Crippen LogP) is 3.98. The first kappa shape index (κ1) is 13.2. The van der Waals surface area contributed by atoms with Crippen LogP contribution in [0.15, 0.2) is 30.3 Å². The second-order valence-corrected chi connectivity index (χ2v) is 5.00. The van der Waals surface area contributed by atoms with Gasteiger partial charge in [0.25, 0.3) is 0 Å². The van der Waals surface area contributed by atoms with Crippen LogP contribution in [0.2, 0.25) is 0 Å². The maximum Gasteiger partial charge on any atom is 0.0608 e. The van der Waals surface area contributed by atoms with Crippen molar-refractivity contribution in [3.8, 4) is 0 Å². The number of hydrogen-bond acceptors (Lipinski definition) is 1. The topological polar surface area (TPSA) is 20.2 Å². The monoisotopic (exact) mass is 220 g/mol. The maximum atomic E-state index is 10.2. The number of aliphatic hydroxyl groups excluding tert-OH is 1. The normalized spacial score (nSPS) is 15.1. The van der Waals surface area contributed by atoms with Gasteiger partial charge in [0.1, 0.15) is 0 Å². The van der Waals surface area contributed by atoms with E-state index in [-0.39, 0.29) is 6.10 Å². The molecule has 16 heavy (non-hydrogen) atoms. The first-order valence-electron chi connectivity index (χ1n) is 6.38. The zero-order valence-electron chi connectivity index (χ0n) is 10.7. The minimum atomic E-state index is -0.199. The second kappa shape index (κ2) is 6.70. The van der Waals surface area contributed by atoms with Gasteiger partial charge < -0.3 is 5.11 Å². The molecular weight excluding hydrogens is 196 g/mol. The molecule has 0 spiro atoms. The largest absolute Gasteiger partial charge is 0.392 e. The molecule has 0 heterocycles. The molecule has 0 saturated carbocycles. The van der Waals surface area contributed by atoms with Crippen LogP contribution in [-0.4, -0.2) is 11.2 Å². The first-order valence-corrected chi connectivity index (χ1v) is 6.38. The summed E-state index contributed by atoms with van der Waals surface area (Å²) >= 11 is 0. The van der Waals surface area contributed by atoms with Crippen molar-refractivity contribution in [2.24, 2.45) is 5.92 Å². The number of hydrogen-bond donors (Lipinski definition) is 1. The molecular formula is C15H24O. The van der Waals surface area contributed by atoms with Gasteiger partial charge in [-0.05, 0) is 24.3 Å². The van der Waals surface area contributed by atoms with Crippen LogP contribution in [0, 0.1) is 5.92 Å². The Balaban J connectivity index is 2.78. The van der Waals surface area contributed by atoms with Gasteiger partial charge in [-0.3, -0.25) is 0 Å². The molecule has 0 aliphatic carbocycles. The summed E-state index contributed by atoms with van der Waals surface area (Å²) in [6.45, 7) is 6.56. The van der Waals surface area contributed by atoms with E-state index < -0.39 is 0 Å². The standard InChI is InChI=1S/C15H24O/c1-4-8-15(16)14(11-12(2)3)13-9-6-5-7-10-13/h5-7,9-10,12,14-16H,4,8,11H2,1-3H3. The van der Waals surface area contributed by atoms with Gasteiger partial charge in [-0.2, -0.15) is 0 Å². The lowest BCUT2D eigenvalue weighted by molar-refractivity contribution is 0.122. The Morgan fingerprint density at radius 2 is 1.75 bits per heavy atom. The van der Waals surface area contributed by atoms with Gasteiger partial charge in [-0.25, -0.2) is 0 Å². The van der Waals surface area contributed by atoms with E-state index in [1.54, 1.807) is 0 Å². The summed E-state index contributed by atoms with van der Waals surface area (Å²) in [5.41, 5.74) is 1.28. The third-order valence-corrected chi connectivity index (χ3v) is 3.00. The summed E-state index contributed by atoms with van der Waals surface area (Å²) in [5.74, 6) is 0.915. The molecule has 0 aliphatic heterocycles. The molecule has 1 aromatic carbocycles. The van der Waals surface area contributed by atoms with Crippen molar-refractivity contribution in [3.63, 3.8) is 0 Å². The van der Waals surface area contributed by atoms with Gasteiger partial charge in [0, 0.05) is 5.92 Å². The van der Waals surface area contributed by atoms with Crippen LogP contribution in [0.5, 0.6) is 0 Å². The van der Waals surface area contributed by atoms with Gasteiger partial charge in [0.05, 0.1) is 6.10 Å². The Morgan fingerprint density at radius 3 is 2.25 bits per heavy atom. The molecule has 1 nitrogen and oxygen atoms in total. The molecule has 0 amide bonds. The fraction of sp³-hybridized carbons (Fsp3) is 0.600. The zero-order chi connectivity index (χ0) is 12.0. The highest BCUT2D eigenvalue weighted by Gasteiger charge is 2.21. The molecule has 1 N–H and O–H groups in total. The van der Waals surface area contributed by atoms with Crippen LogP contribution in [0.4, 0.5) is 0 Å².